The van der Waals surface area contributed by atoms with Crippen LogP contribution < -0.4 is 5.32 Å². The number of benzene rings is 1. The van der Waals surface area contributed by atoms with Crippen LogP contribution in [0, 0.1) is 5.82 Å². The summed E-state index contributed by atoms with van der Waals surface area (Å²) in [5.41, 5.74) is 0.322. The van der Waals surface area contributed by atoms with Crippen LogP contribution in [0.4, 0.5) is 9.52 Å². The molecule has 0 saturated carbocycles. The first-order chi connectivity index (χ1) is 12.2. The number of hydrogen-bond acceptors (Lipinski definition) is 7. The molecule has 0 radical (unpaired) electrons. The molecular weight excluding hydrogens is 379 g/mol. The number of para-hydroxylation sites is 1. The van der Waals surface area contributed by atoms with E-state index in [0.717, 1.165) is 4.90 Å². The normalized spacial score (nSPS) is 10.9. The first-order valence-electron chi connectivity index (χ1n) is 7.10. The third-order valence-electron chi connectivity index (χ3n) is 3.25. The summed E-state index contributed by atoms with van der Waals surface area (Å²) in [6.45, 7) is 0. The Morgan fingerprint density at radius 2 is 2.08 bits per heavy atom. The Morgan fingerprint density at radius 3 is 2.92 bits per heavy atom. The van der Waals surface area contributed by atoms with Crippen molar-refractivity contribution in [3.63, 3.8) is 0 Å². The van der Waals surface area contributed by atoms with Gasteiger partial charge in [0.15, 0.2) is 4.34 Å². The van der Waals surface area contributed by atoms with Crippen LogP contribution in [-0.4, -0.2) is 21.1 Å². The second-order valence-electron chi connectivity index (χ2n) is 4.85. The number of carbonyl (C=O) groups excluding carboxylic acids is 1. The number of nitrogens with zero attached hydrogens (tertiary/aromatic N) is 3. The average molecular weight is 388 g/mol. The number of hydrogen-bond donors (Lipinski definition) is 1. The summed E-state index contributed by atoms with van der Waals surface area (Å²) >= 11 is 3.99. The number of halogens is 1. The van der Waals surface area contributed by atoms with Gasteiger partial charge in [0.2, 0.25) is 5.13 Å². The van der Waals surface area contributed by atoms with E-state index in [9.17, 15) is 9.18 Å². The molecule has 0 unspecified atom stereocenters. The van der Waals surface area contributed by atoms with Crippen molar-refractivity contribution < 1.29 is 9.18 Å². The van der Waals surface area contributed by atoms with Crippen molar-refractivity contribution in [2.45, 2.75) is 9.24 Å². The van der Waals surface area contributed by atoms with E-state index in [2.05, 4.69) is 20.5 Å². The molecule has 1 N–H and O–H groups in total. The average Bonchev–Trinajstić information content (AvgIpc) is 3.28. The van der Waals surface area contributed by atoms with Crippen molar-refractivity contribution >= 4 is 56.4 Å². The molecule has 4 rings (SSSR count). The molecule has 1 aromatic carbocycles. The molecule has 0 aliphatic heterocycles. The molecule has 0 aliphatic rings. The molecule has 0 aliphatic carbocycles. The lowest BCUT2D eigenvalue weighted by Gasteiger charge is -2.03. The molecule has 0 bridgehead atoms. The standard InChI is InChI=1S/C16H9FN4OS3/c17-10-4-1-3-9-11(6-7-18-13(9)10)24-16-21-20-15(25-16)19-14(22)12-5-2-8-23-12/h1-8H,(H,19,20,22). The van der Waals surface area contributed by atoms with Crippen LogP contribution in [-0.2, 0) is 0 Å². The molecule has 3 aromatic heterocycles. The molecule has 9 heteroatoms. The number of carbonyl (C=O) groups is 1. The van der Waals surface area contributed by atoms with Gasteiger partial charge in [-0.3, -0.25) is 15.1 Å². The zero-order chi connectivity index (χ0) is 17.2. The Balaban J connectivity index is 1.56. The smallest absolute Gasteiger partial charge is 0.267 e. The number of pyridine rings is 1. The number of nitrogens with one attached hydrogen (secondary N) is 1. The highest BCUT2D eigenvalue weighted by Gasteiger charge is 2.13. The minimum atomic E-state index is -0.360. The van der Waals surface area contributed by atoms with Crippen LogP contribution in [0.1, 0.15) is 9.67 Å². The summed E-state index contributed by atoms with van der Waals surface area (Å²) in [7, 11) is 0. The van der Waals surface area contributed by atoms with E-state index in [1.54, 1.807) is 24.4 Å². The SMILES string of the molecule is O=C(Nc1nnc(Sc2ccnc3c(F)cccc23)s1)c1cccs1. The van der Waals surface area contributed by atoms with E-state index in [0.29, 0.717) is 25.3 Å². The molecule has 5 nitrogen and oxygen atoms in total. The molecule has 3 heterocycles. The lowest BCUT2D eigenvalue weighted by molar-refractivity contribution is 0.103. The number of amides is 1. The number of aromatic nitrogens is 3. The van der Waals surface area contributed by atoms with Gasteiger partial charge in [0.05, 0.1) is 4.88 Å². The van der Waals surface area contributed by atoms with Crippen LogP contribution in [0.2, 0.25) is 0 Å². The Labute approximate surface area is 154 Å². The van der Waals surface area contributed by atoms with E-state index in [4.69, 9.17) is 0 Å². The van der Waals surface area contributed by atoms with Gasteiger partial charge in [0.1, 0.15) is 11.3 Å². The highest BCUT2D eigenvalue weighted by molar-refractivity contribution is 8.01. The van der Waals surface area contributed by atoms with Gasteiger partial charge in [-0.2, -0.15) is 0 Å². The number of rotatable bonds is 4. The molecule has 0 atom stereocenters. The molecule has 124 valence electrons. The zero-order valence-electron chi connectivity index (χ0n) is 12.5. The largest absolute Gasteiger partial charge is 0.296 e. The quantitative estimate of drug-likeness (QED) is 0.514. The predicted molar refractivity (Wildman–Crippen MR) is 98.0 cm³/mol. The van der Waals surface area contributed by atoms with E-state index in [1.165, 1.54) is 40.5 Å². The maximum absolute atomic E-state index is 13.8. The topological polar surface area (TPSA) is 67.8 Å². The molecule has 0 fully saturated rings. The Bertz CT molecular complexity index is 1050. The van der Waals surface area contributed by atoms with Crippen molar-refractivity contribution in [3.05, 3.63) is 58.7 Å². The zero-order valence-corrected chi connectivity index (χ0v) is 14.9. The van der Waals surface area contributed by atoms with Gasteiger partial charge in [0, 0.05) is 16.5 Å². The summed E-state index contributed by atoms with van der Waals surface area (Å²) in [6, 6.07) is 10.2. The number of thiophene rings is 1. The number of fused-ring (bicyclic) bond motifs is 1. The monoisotopic (exact) mass is 388 g/mol. The van der Waals surface area contributed by atoms with E-state index >= 15 is 0 Å². The van der Waals surface area contributed by atoms with Crippen molar-refractivity contribution in [2.24, 2.45) is 0 Å². The molecule has 0 saturated heterocycles. The van der Waals surface area contributed by atoms with Gasteiger partial charge < -0.3 is 0 Å². The van der Waals surface area contributed by atoms with E-state index in [-0.39, 0.29) is 11.7 Å². The summed E-state index contributed by atoms with van der Waals surface area (Å²) in [4.78, 5) is 17.6. The fraction of sp³-hybridized carbons (Fsp3) is 0. The Hall–Kier alpha value is -2.36. The minimum absolute atomic E-state index is 0.209. The van der Waals surface area contributed by atoms with Crippen LogP contribution in [0.15, 0.2) is 57.2 Å². The molecule has 25 heavy (non-hydrogen) atoms. The fourth-order valence-corrected chi connectivity index (χ4v) is 4.60. The van der Waals surface area contributed by atoms with Gasteiger partial charge in [0.25, 0.3) is 5.91 Å². The maximum Gasteiger partial charge on any atom is 0.267 e. The van der Waals surface area contributed by atoms with E-state index in [1.807, 2.05) is 17.5 Å². The van der Waals surface area contributed by atoms with Crippen LogP contribution in [0.3, 0.4) is 0 Å². The van der Waals surface area contributed by atoms with Gasteiger partial charge in [-0.15, -0.1) is 21.5 Å². The Kier molecular flexibility index (Phi) is 4.43. The first kappa shape index (κ1) is 16.1. The lowest BCUT2D eigenvalue weighted by atomic mass is 10.2. The minimum Gasteiger partial charge on any atom is -0.296 e. The van der Waals surface area contributed by atoms with Gasteiger partial charge in [-0.25, -0.2) is 4.39 Å². The second-order valence-corrected chi connectivity index (χ2v) is 8.07. The van der Waals surface area contributed by atoms with Crippen molar-refractivity contribution in [3.8, 4) is 0 Å². The predicted octanol–water partition coefficient (Wildman–Crippen LogP) is 4.69. The summed E-state index contributed by atoms with van der Waals surface area (Å²) in [5.74, 6) is -0.569. The third-order valence-corrected chi connectivity index (χ3v) is 6.09. The second kappa shape index (κ2) is 6.87. The third kappa shape index (κ3) is 3.39. The lowest BCUT2D eigenvalue weighted by Crippen LogP contribution is -2.09. The first-order valence-corrected chi connectivity index (χ1v) is 9.61. The van der Waals surface area contributed by atoms with Gasteiger partial charge >= 0.3 is 0 Å². The van der Waals surface area contributed by atoms with Gasteiger partial charge in [-0.1, -0.05) is 41.3 Å². The van der Waals surface area contributed by atoms with Crippen molar-refractivity contribution in [1.82, 2.24) is 15.2 Å². The fourth-order valence-electron chi connectivity index (χ4n) is 2.17. The maximum atomic E-state index is 13.8. The highest BCUT2D eigenvalue weighted by Crippen LogP contribution is 2.36. The van der Waals surface area contributed by atoms with Crippen LogP contribution >= 0.6 is 34.4 Å². The van der Waals surface area contributed by atoms with Crippen LogP contribution in [0.25, 0.3) is 10.9 Å². The molecule has 0 spiro atoms. The summed E-state index contributed by atoms with van der Waals surface area (Å²) < 4.78 is 14.5. The summed E-state index contributed by atoms with van der Waals surface area (Å²) in [5, 5.41) is 13.8. The molecule has 1 amide bonds. The van der Waals surface area contributed by atoms with Crippen molar-refractivity contribution in [1.29, 1.82) is 0 Å². The van der Waals surface area contributed by atoms with E-state index < -0.39 is 0 Å². The molecular formula is C16H9FN4OS3. The highest BCUT2D eigenvalue weighted by atomic mass is 32.2. The van der Waals surface area contributed by atoms with Gasteiger partial charge in [-0.05, 0) is 23.6 Å². The summed E-state index contributed by atoms with van der Waals surface area (Å²) in [6.07, 6.45) is 1.56. The molecule has 4 aromatic rings. The Morgan fingerprint density at radius 1 is 1.16 bits per heavy atom. The van der Waals surface area contributed by atoms with Crippen molar-refractivity contribution in [2.75, 3.05) is 5.32 Å². The number of anilines is 1. The van der Waals surface area contributed by atoms with Crippen LogP contribution in [0.5, 0.6) is 0 Å².